The molecule has 2 rings (SSSR count). The molecule has 9 heteroatoms. The molecule has 2 aromatic rings. The van der Waals surface area contributed by atoms with Crippen LogP contribution in [0.15, 0.2) is 22.7 Å². The Morgan fingerprint density at radius 3 is 2.78 bits per heavy atom. The molecule has 0 saturated heterocycles. The number of pyridine rings is 1. The van der Waals surface area contributed by atoms with Crippen molar-refractivity contribution in [2.75, 3.05) is 17.2 Å². The molecule has 0 aliphatic rings. The molecule has 1 atom stereocenters. The average molecular weight is 372 g/mol. The van der Waals surface area contributed by atoms with E-state index in [1.54, 1.807) is 12.1 Å². The highest BCUT2D eigenvalue weighted by molar-refractivity contribution is 8.02. The van der Waals surface area contributed by atoms with Gasteiger partial charge < -0.3 is 10.6 Å². The Labute approximate surface area is 148 Å². The number of amides is 1. The van der Waals surface area contributed by atoms with Crippen LogP contribution in [0.25, 0.3) is 0 Å². The smallest absolute Gasteiger partial charge is 0.238 e. The maximum atomic E-state index is 12.2. The van der Waals surface area contributed by atoms with Crippen LogP contribution in [0.4, 0.5) is 10.9 Å². The summed E-state index contributed by atoms with van der Waals surface area (Å²) in [4.78, 5) is 16.2. The van der Waals surface area contributed by atoms with Gasteiger partial charge in [-0.1, -0.05) is 48.5 Å². The van der Waals surface area contributed by atoms with Crippen molar-refractivity contribution in [1.29, 1.82) is 0 Å². The lowest BCUT2D eigenvalue weighted by Crippen LogP contribution is -2.22. The Kier molecular flexibility index (Phi) is 6.61. The van der Waals surface area contributed by atoms with Crippen LogP contribution in [0.2, 0.25) is 5.02 Å². The number of carbonyl (C=O) groups is 1. The van der Waals surface area contributed by atoms with Crippen LogP contribution in [0.1, 0.15) is 20.8 Å². The van der Waals surface area contributed by atoms with Gasteiger partial charge in [-0.2, -0.15) is 0 Å². The Hall–Kier alpha value is -1.38. The quantitative estimate of drug-likeness (QED) is 0.721. The molecule has 2 N–H and O–H groups in total. The number of anilines is 2. The highest BCUT2D eigenvalue weighted by Crippen LogP contribution is 2.29. The second kappa shape index (κ2) is 8.47. The maximum absolute atomic E-state index is 12.2. The number of nitrogens with zero attached hydrogens (tertiary/aromatic N) is 3. The summed E-state index contributed by atoms with van der Waals surface area (Å²) >= 11 is 8.58. The van der Waals surface area contributed by atoms with Gasteiger partial charge >= 0.3 is 0 Å². The first-order chi connectivity index (χ1) is 10.9. The monoisotopic (exact) mass is 371 g/mol. The fourth-order valence-electron chi connectivity index (χ4n) is 1.50. The number of halogens is 1. The molecular formula is C14H18ClN5OS2. The highest BCUT2D eigenvalue weighted by Gasteiger charge is 2.17. The van der Waals surface area contributed by atoms with Gasteiger partial charge in [0.2, 0.25) is 11.0 Å². The zero-order valence-electron chi connectivity index (χ0n) is 13.0. The second-order valence-corrected chi connectivity index (χ2v) is 8.26. The molecule has 0 bridgehead atoms. The molecule has 0 aliphatic carbocycles. The molecule has 0 radical (unpaired) electrons. The standard InChI is InChI=1S/C14H18ClN5OS2/c1-8(2)6-17-13-19-20-14(23-13)22-9(3)12(21)18-11-5-4-10(15)7-16-11/h4-5,7-9H,6H2,1-3H3,(H,17,19)(H,16,18,21). The third-order valence-corrected chi connectivity index (χ3v) is 4.98. The second-order valence-electron chi connectivity index (χ2n) is 5.26. The van der Waals surface area contributed by atoms with Gasteiger partial charge in [0.05, 0.1) is 10.3 Å². The van der Waals surface area contributed by atoms with Gasteiger partial charge in [0.1, 0.15) is 5.82 Å². The van der Waals surface area contributed by atoms with Gasteiger partial charge in [-0.25, -0.2) is 4.98 Å². The number of hydrogen-bond acceptors (Lipinski definition) is 7. The van der Waals surface area contributed by atoms with Crippen molar-refractivity contribution in [3.63, 3.8) is 0 Å². The van der Waals surface area contributed by atoms with Crippen molar-refractivity contribution in [2.24, 2.45) is 5.92 Å². The Balaban J connectivity index is 1.86. The number of carbonyl (C=O) groups excluding carboxylic acids is 1. The van der Waals surface area contributed by atoms with Crippen LogP contribution in [0.5, 0.6) is 0 Å². The first-order valence-electron chi connectivity index (χ1n) is 7.10. The van der Waals surface area contributed by atoms with E-state index < -0.39 is 0 Å². The Morgan fingerprint density at radius 1 is 1.35 bits per heavy atom. The molecule has 0 aliphatic heterocycles. The van der Waals surface area contributed by atoms with Gasteiger partial charge in [0.25, 0.3) is 0 Å². The van der Waals surface area contributed by atoms with Crippen molar-refractivity contribution >= 4 is 51.6 Å². The normalized spacial score (nSPS) is 12.2. The van der Waals surface area contributed by atoms with Crippen molar-refractivity contribution in [3.05, 3.63) is 23.4 Å². The Bertz CT molecular complexity index is 647. The number of thioether (sulfide) groups is 1. The molecule has 2 heterocycles. The van der Waals surface area contributed by atoms with Crippen LogP contribution >= 0.6 is 34.7 Å². The summed E-state index contributed by atoms with van der Waals surface area (Å²) in [6.45, 7) is 6.91. The van der Waals surface area contributed by atoms with E-state index in [0.717, 1.165) is 16.0 Å². The SMILES string of the molecule is CC(C)CNc1nnc(SC(C)C(=O)Nc2ccc(Cl)cn2)s1. The van der Waals surface area contributed by atoms with Crippen molar-refractivity contribution in [1.82, 2.24) is 15.2 Å². The predicted octanol–water partition coefficient (Wildman–Crippen LogP) is 3.77. The zero-order valence-corrected chi connectivity index (χ0v) is 15.4. The fourth-order valence-corrected chi connectivity index (χ4v) is 3.52. The summed E-state index contributed by atoms with van der Waals surface area (Å²) in [6.07, 6.45) is 1.49. The van der Waals surface area contributed by atoms with Crippen LogP contribution in [0.3, 0.4) is 0 Å². The van der Waals surface area contributed by atoms with E-state index in [9.17, 15) is 4.79 Å². The molecule has 1 unspecified atom stereocenters. The Morgan fingerprint density at radius 2 is 2.13 bits per heavy atom. The number of rotatable bonds is 7. The lowest BCUT2D eigenvalue weighted by Gasteiger charge is -2.09. The molecule has 6 nitrogen and oxygen atoms in total. The molecule has 0 saturated carbocycles. The van der Waals surface area contributed by atoms with Crippen molar-refractivity contribution in [2.45, 2.75) is 30.4 Å². The molecule has 2 aromatic heterocycles. The van der Waals surface area contributed by atoms with E-state index in [0.29, 0.717) is 16.8 Å². The minimum absolute atomic E-state index is 0.142. The van der Waals surface area contributed by atoms with E-state index in [1.807, 2.05) is 6.92 Å². The topological polar surface area (TPSA) is 79.8 Å². The van der Waals surface area contributed by atoms with E-state index in [4.69, 9.17) is 11.6 Å². The maximum Gasteiger partial charge on any atom is 0.238 e. The first kappa shape index (κ1) is 18.0. The summed E-state index contributed by atoms with van der Waals surface area (Å²) < 4.78 is 0.753. The molecular weight excluding hydrogens is 354 g/mol. The zero-order chi connectivity index (χ0) is 16.8. The average Bonchev–Trinajstić information content (AvgIpc) is 2.95. The fraction of sp³-hybridized carbons (Fsp3) is 0.429. The molecule has 23 heavy (non-hydrogen) atoms. The molecule has 1 amide bonds. The van der Waals surface area contributed by atoms with E-state index >= 15 is 0 Å². The van der Waals surface area contributed by atoms with Crippen LogP contribution in [-0.2, 0) is 4.79 Å². The molecule has 0 aromatic carbocycles. The third-order valence-electron chi connectivity index (χ3n) is 2.69. The highest BCUT2D eigenvalue weighted by atomic mass is 35.5. The van der Waals surface area contributed by atoms with Gasteiger partial charge in [-0.15, -0.1) is 10.2 Å². The largest absolute Gasteiger partial charge is 0.360 e. The van der Waals surface area contributed by atoms with E-state index in [-0.39, 0.29) is 11.2 Å². The van der Waals surface area contributed by atoms with Gasteiger partial charge in [0, 0.05) is 12.7 Å². The van der Waals surface area contributed by atoms with Crippen LogP contribution in [-0.4, -0.2) is 32.9 Å². The van der Waals surface area contributed by atoms with Crippen LogP contribution < -0.4 is 10.6 Å². The summed E-state index contributed by atoms with van der Waals surface area (Å²) in [6, 6.07) is 3.34. The lowest BCUT2D eigenvalue weighted by atomic mass is 10.2. The summed E-state index contributed by atoms with van der Waals surface area (Å²) in [5, 5.41) is 15.1. The van der Waals surface area contributed by atoms with E-state index in [1.165, 1.54) is 29.3 Å². The summed E-state index contributed by atoms with van der Waals surface area (Å²) in [5.41, 5.74) is 0. The minimum Gasteiger partial charge on any atom is -0.360 e. The van der Waals surface area contributed by atoms with Gasteiger partial charge in [-0.3, -0.25) is 4.79 Å². The predicted molar refractivity (Wildman–Crippen MR) is 96.4 cm³/mol. The summed E-state index contributed by atoms with van der Waals surface area (Å²) in [5.74, 6) is 0.867. The van der Waals surface area contributed by atoms with E-state index in [2.05, 4.69) is 39.7 Å². The van der Waals surface area contributed by atoms with Gasteiger partial charge in [0.15, 0.2) is 4.34 Å². The minimum atomic E-state index is -0.307. The number of aromatic nitrogens is 3. The number of hydrogen-bond donors (Lipinski definition) is 2. The van der Waals surface area contributed by atoms with Gasteiger partial charge in [-0.05, 0) is 25.0 Å². The van der Waals surface area contributed by atoms with Crippen molar-refractivity contribution in [3.8, 4) is 0 Å². The summed E-state index contributed by atoms with van der Waals surface area (Å²) in [7, 11) is 0. The molecule has 0 spiro atoms. The molecule has 124 valence electrons. The molecule has 0 fully saturated rings. The lowest BCUT2D eigenvalue weighted by molar-refractivity contribution is -0.115. The van der Waals surface area contributed by atoms with Crippen LogP contribution in [0, 0.1) is 5.92 Å². The first-order valence-corrected chi connectivity index (χ1v) is 9.18. The third kappa shape index (κ3) is 5.96. The number of nitrogens with one attached hydrogen (secondary N) is 2. The van der Waals surface area contributed by atoms with Crippen molar-refractivity contribution < 1.29 is 4.79 Å².